The summed E-state index contributed by atoms with van der Waals surface area (Å²) < 4.78 is 8.14. The second-order valence-electron chi connectivity index (χ2n) is 6.69. The first-order valence-corrected chi connectivity index (χ1v) is 10.5. The first kappa shape index (κ1) is 21.2. The number of amides is 1. The molecule has 12 heteroatoms. The highest BCUT2D eigenvalue weighted by Crippen LogP contribution is 2.33. The van der Waals surface area contributed by atoms with Crippen molar-refractivity contribution in [1.29, 1.82) is 0 Å². The maximum Gasteiger partial charge on any atom is 0.251 e. The second-order valence-corrected chi connectivity index (χ2v) is 8.28. The number of carbonyl (C=O) groups is 1. The highest BCUT2D eigenvalue weighted by atomic mass is 127. The van der Waals surface area contributed by atoms with Crippen LogP contribution in [0.1, 0.15) is 11.8 Å². The summed E-state index contributed by atoms with van der Waals surface area (Å²) in [5, 5.41) is 26.2. The van der Waals surface area contributed by atoms with Crippen molar-refractivity contribution in [3.05, 3.63) is 45.0 Å². The van der Waals surface area contributed by atoms with Gasteiger partial charge in [-0.2, -0.15) is 9.97 Å². The Hall–Kier alpha value is -2.06. The van der Waals surface area contributed by atoms with E-state index in [4.69, 9.17) is 16.3 Å². The van der Waals surface area contributed by atoms with E-state index in [1.165, 1.54) is 17.9 Å². The summed E-state index contributed by atoms with van der Waals surface area (Å²) in [5.41, 5.74) is 1.77. The van der Waals surface area contributed by atoms with Crippen molar-refractivity contribution in [3.8, 4) is 0 Å². The van der Waals surface area contributed by atoms with Crippen LogP contribution in [0.2, 0.25) is 5.28 Å². The fourth-order valence-electron chi connectivity index (χ4n) is 3.28. The molecule has 2 aromatic heterocycles. The maximum atomic E-state index is 11.9. The number of hydrogen-bond donors (Lipinski definition) is 4. The number of rotatable bonds is 5. The van der Waals surface area contributed by atoms with E-state index in [-0.39, 0.29) is 5.28 Å². The van der Waals surface area contributed by atoms with E-state index >= 15 is 0 Å². The minimum Gasteiger partial charge on any atom is -0.387 e. The number of hydrogen-bond acceptors (Lipinski definition) is 8. The molecule has 4 atom stereocenters. The Balaban J connectivity index is 1.64. The van der Waals surface area contributed by atoms with E-state index in [0.717, 1.165) is 9.13 Å². The number of anilines is 1. The number of aliphatic hydroxyl groups is 2. The van der Waals surface area contributed by atoms with E-state index in [0.29, 0.717) is 23.5 Å². The number of benzene rings is 1. The molecule has 4 N–H and O–H groups in total. The number of aliphatic hydroxyl groups excluding tert-OH is 2. The molecule has 0 spiro atoms. The number of likely N-dealkylation sites (N-methyl/N-ethyl adjacent to an activating group) is 1. The highest BCUT2D eigenvalue weighted by molar-refractivity contribution is 14.1. The van der Waals surface area contributed by atoms with Crippen LogP contribution in [0, 0.1) is 3.57 Å². The fraction of sp³-hybridized carbons (Fsp3) is 0.333. The average molecular weight is 545 g/mol. The molecule has 1 amide bonds. The van der Waals surface area contributed by atoms with Gasteiger partial charge in [-0.05, 0) is 51.9 Å². The number of ether oxygens (including phenoxy) is 1. The molecular formula is C18H18ClIN6O4. The molecule has 0 bridgehead atoms. The van der Waals surface area contributed by atoms with Gasteiger partial charge in [0.2, 0.25) is 5.28 Å². The molecule has 1 fully saturated rings. The molecule has 0 radical (unpaired) electrons. The van der Waals surface area contributed by atoms with Gasteiger partial charge in [-0.25, -0.2) is 4.98 Å². The lowest BCUT2D eigenvalue weighted by Gasteiger charge is -2.16. The minimum absolute atomic E-state index is 0.0229. The number of imidazole rings is 1. The predicted octanol–water partition coefficient (Wildman–Crippen LogP) is 1.06. The van der Waals surface area contributed by atoms with E-state index < -0.39 is 30.4 Å². The molecule has 1 aliphatic heterocycles. The standard InChI is InChI=1S/C18H18ClIN6O4/c1-21-16(29)13-11(27)12(28)17(30-13)26-7-23-10-14(24-18(19)25-15(10)26)22-6-8-3-2-4-9(20)5-8/h2-5,7,11-13,17,27-28H,6H2,1H3,(H,21,29)(H,22,24,25)/t11-,12+,13?,17+/m0/s1. The summed E-state index contributed by atoms with van der Waals surface area (Å²) in [4.78, 5) is 24.7. The first-order chi connectivity index (χ1) is 14.4. The van der Waals surface area contributed by atoms with Crippen LogP contribution in [0.15, 0.2) is 30.6 Å². The van der Waals surface area contributed by atoms with Crippen molar-refractivity contribution in [3.63, 3.8) is 0 Å². The van der Waals surface area contributed by atoms with E-state index in [1.807, 2.05) is 24.3 Å². The zero-order valence-corrected chi connectivity index (χ0v) is 18.6. The van der Waals surface area contributed by atoms with Crippen LogP contribution in [0.3, 0.4) is 0 Å². The van der Waals surface area contributed by atoms with E-state index in [9.17, 15) is 15.0 Å². The third-order valence-electron chi connectivity index (χ3n) is 4.76. The quantitative estimate of drug-likeness (QED) is 0.277. The molecule has 10 nitrogen and oxygen atoms in total. The molecular weight excluding hydrogens is 527 g/mol. The Morgan fingerprint density at radius 1 is 1.33 bits per heavy atom. The summed E-state index contributed by atoms with van der Waals surface area (Å²) in [6.45, 7) is 0.492. The van der Waals surface area contributed by atoms with Crippen molar-refractivity contribution in [1.82, 2.24) is 24.8 Å². The lowest BCUT2D eigenvalue weighted by Crippen LogP contribution is -2.41. The number of halogens is 2. The topological polar surface area (TPSA) is 134 Å². The lowest BCUT2D eigenvalue weighted by atomic mass is 10.1. The van der Waals surface area contributed by atoms with Gasteiger partial charge in [-0.1, -0.05) is 12.1 Å². The summed E-state index contributed by atoms with van der Waals surface area (Å²) >= 11 is 8.35. The van der Waals surface area contributed by atoms with E-state index in [1.54, 1.807) is 0 Å². The van der Waals surface area contributed by atoms with Crippen molar-refractivity contribution in [2.75, 3.05) is 12.4 Å². The Morgan fingerprint density at radius 2 is 2.13 bits per heavy atom. The average Bonchev–Trinajstić information content (AvgIpc) is 3.27. The molecule has 3 aromatic rings. The SMILES string of the molecule is CNC(=O)C1O[C@@H](n2cnc3c(NCc4cccc(I)c4)nc(Cl)nc32)[C@H](O)[C@@H]1O. The van der Waals surface area contributed by atoms with Crippen LogP contribution < -0.4 is 10.6 Å². The number of nitrogens with one attached hydrogen (secondary N) is 2. The zero-order valence-electron chi connectivity index (χ0n) is 15.7. The Bertz CT molecular complexity index is 1100. The predicted molar refractivity (Wildman–Crippen MR) is 117 cm³/mol. The highest BCUT2D eigenvalue weighted by Gasteiger charge is 2.47. The Kier molecular flexibility index (Phi) is 6.06. The minimum atomic E-state index is -1.40. The lowest BCUT2D eigenvalue weighted by molar-refractivity contribution is -0.137. The Labute approximate surface area is 189 Å². The van der Waals surface area contributed by atoms with Crippen LogP contribution in [0.25, 0.3) is 11.2 Å². The summed E-state index contributed by atoms with van der Waals surface area (Å²) in [6.07, 6.45) is -3.65. The third kappa shape index (κ3) is 3.95. The molecule has 1 saturated heterocycles. The number of fused-ring (bicyclic) bond motifs is 1. The largest absolute Gasteiger partial charge is 0.387 e. The van der Waals surface area contributed by atoms with Gasteiger partial charge in [0.15, 0.2) is 29.3 Å². The van der Waals surface area contributed by atoms with Gasteiger partial charge < -0.3 is 25.6 Å². The van der Waals surface area contributed by atoms with Gasteiger partial charge in [0, 0.05) is 17.2 Å². The maximum absolute atomic E-state index is 11.9. The molecule has 4 rings (SSSR count). The summed E-state index contributed by atoms with van der Waals surface area (Å²) in [6, 6.07) is 7.98. The van der Waals surface area contributed by atoms with Crippen molar-refractivity contribution < 1.29 is 19.7 Å². The van der Waals surface area contributed by atoms with Crippen molar-refractivity contribution in [2.45, 2.75) is 31.1 Å². The monoisotopic (exact) mass is 544 g/mol. The molecule has 1 aliphatic rings. The normalized spacial score (nSPS) is 23.6. The molecule has 3 heterocycles. The number of carbonyl (C=O) groups excluding carboxylic acids is 1. The van der Waals surface area contributed by atoms with Crippen LogP contribution in [0.4, 0.5) is 5.82 Å². The molecule has 1 aromatic carbocycles. The number of aromatic nitrogens is 4. The van der Waals surface area contributed by atoms with Crippen LogP contribution in [0.5, 0.6) is 0 Å². The summed E-state index contributed by atoms with van der Waals surface area (Å²) in [5.74, 6) is -0.125. The van der Waals surface area contributed by atoms with Crippen LogP contribution in [-0.2, 0) is 16.1 Å². The van der Waals surface area contributed by atoms with E-state index in [2.05, 4.69) is 48.2 Å². The van der Waals surface area contributed by atoms with Gasteiger partial charge in [0.05, 0.1) is 6.33 Å². The number of nitrogens with zero attached hydrogens (tertiary/aromatic N) is 4. The van der Waals surface area contributed by atoms with Gasteiger partial charge in [-0.3, -0.25) is 9.36 Å². The zero-order chi connectivity index (χ0) is 21.4. The second kappa shape index (κ2) is 8.59. The fourth-order valence-corrected chi connectivity index (χ4v) is 4.05. The van der Waals surface area contributed by atoms with Gasteiger partial charge >= 0.3 is 0 Å². The summed E-state index contributed by atoms with van der Waals surface area (Å²) in [7, 11) is 1.42. The first-order valence-electron chi connectivity index (χ1n) is 9.00. The molecule has 158 valence electrons. The van der Waals surface area contributed by atoms with Crippen LogP contribution >= 0.6 is 34.2 Å². The molecule has 0 aliphatic carbocycles. The van der Waals surface area contributed by atoms with Crippen molar-refractivity contribution >= 4 is 57.1 Å². The van der Waals surface area contributed by atoms with Crippen molar-refractivity contribution in [2.24, 2.45) is 0 Å². The van der Waals surface area contributed by atoms with Gasteiger partial charge in [0.25, 0.3) is 5.91 Å². The van der Waals surface area contributed by atoms with Gasteiger partial charge in [-0.15, -0.1) is 0 Å². The van der Waals surface area contributed by atoms with Gasteiger partial charge in [0.1, 0.15) is 12.2 Å². The molecule has 0 saturated carbocycles. The molecule has 30 heavy (non-hydrogen) atoms. The van der Waals surface area contributed by atoms with Crippen LogP contribution in [-0.4, -0.2) is 61.0 Å². The third-order valence-corrected chi connectivity index (χ3v) is 5.60. The smallest absolute Gasteiger partial charge is 0.251 e. The Morgan fingerprint density at radius 3 is 2.87 bits per heavy atom. The molecule has 1 unspecified atom stereocenters.